The minimum Gasteiger partial charge on any atom is -0.384 e. The van der Waals surface area contributed by atoms with E-state index in [-0.39, 0.29) is 18.6 Å². The van der Waals surface area contributed by atoms with Crippen molar-refractivity contribution in [1.29, 1.82) is 0 Å². The summed E-state index contributed by atoms with van der Waals surface area (Å²) in [6.07, 6.45) is 1.93. The van der Waals surface area contributed by atoms with Gasteiger partial charge in [-0.15, -0.1) is 0 Å². The minimum absolute atomic E-state index is 0.168. The molecule has 0 aromatic rings. The monoisotopic (exact) mass is 189 g/mol. The molecule has 0 heterocycles. The van der Waals surface area contributed by atoms with E-state index >= 15 is 0 Å². The SMILES string of the molecule is COCC(O)(COC)C1(CN)CC1. The predicted octanol–water partition coefficient (Wildman–Crippen LogP) is -0.251. The topological polar surface area (TPSA) is 64.7 Å². The average Bonchev–Trinajstić information content (AvgIpc) is 2.85. The second-order valence-corrected chi connectivity index (χ2v) is 3.88. The van der Waals surface area contributed by atoms with Crippen LogP contribution >= 0.6 is 0 Å². The Morgan fingerprint density at radius 3 is 2.00 bits per heavy atom. The van der Waals surface area contributed by atoms with Crippen molar-refractivity contribution in [2.24, 2.45) is 11.1 Å². The molecule has 0 aliphatic heterocycles. The predicted molar refractivity (Wildman–Crippen MR) is 49.4 cm³/mol. The van der Waals surface area contributed by atoms with Gasteiger partial charge in [-0.05, 0) is 12.8 Å². The van der Waals surface area contributed by atoms with Crippen molar-refractivity contribution in [2.75, 3.05) is 34.0 Å². The molecule has 4 heteroatoms. The summed E-state index contributed by atoms with van der Waals surface area (Å²) in [4.78, 5) is 0. The van der Waals surface area contributed by atoms with Gasteiger partial charge < -0.3 is 20.3 Å². The van der Waals surface area contributed by atoms with Crippen molar-refractivity contribution >= 4 is 0 Å². The zero-order chi connectivity index (χ0) is 9.95. The molecule has 0 saturated heterocycles. The van der Waals surface area contributed by atoms with Crippen LogP contribution in [0.3, 0.4) is 0 Å². The van der Waals surface area contributed by atoms with Crippen molar-refractivity contribution in [3.63, 3.8) is 0 Å². The molecule has 0 spiro atoms. The normalized spacial score (nSPS) is 20.3. The van der Waals surface area contributed by atoms with Crippen molar-refractivity contribution in [3.8, 4) is 0 Å². The summed E-state index contributed by atoms with van der Waals surface area (Å²) in [7, 11) is 3.15. The van der Waals surface area contributed by atoms with Crippen LogP contribution in [0.5, 0.6) is 0 Å². The van der Waals surface area contributed by atoms with Crippen LogP contribution in [0.4, 0.5) is 0 Å². The molecule has 13 heavy (non-hydrogen) atoms. The fourth-order valence-corrected chi connectivity index (χ4v) is 1.84. The Balaban J connectivity index is 2.65. The van der Waals surface area contributed by atoms with Gasteiger partial charge in [0, 0.05) is 26.2 Å². The first-order chi connectivity index (χ1) is 6.14. The number of hydrogen-bond donors (Lipinski definition) is 2. The quantitative estimate of drug-likeness (QED) is 0.604. The van der Waals surface area contributed by atoms with Crippen molar-refractivity contribution in [2.45, 2.75) is 18.4 Å². The van der Waals surface area contributed by atoms with E-state index in [1.165, 1.54) is 0 Å². The molecule has 1 fully saturated rings. The van der Waals surface area contributed by atoms with E-state index in [4.69, 9.17) is 15.2 Å². The molecule has 78 valence electrons. The molecule has 1 rings (SSSR count). The van der Waals surface area contributed by atoms with Crippen LogP contribution in [-0.2, 0) is 9.47 Å². The van der Waals surface area contributed by atoms with E-state index in [1.54, 1.807) is 14.2 Å². The van der Waals surface area contributed by atoms with Gasteiger partial charge >= 0.3 is 0 Å². The summed E-state index contributed by atoms with van der Waals surface area (Å²) < 4.78 is 10.0. The molecule has 1 saturated carbocycles. The molecule has 0 aromatic carbocycles. The van der Waals surface area contributed by atoms with Gasteiger partial charge in [0.2, 0.25) is 0 Å². The lowest BCUT2D eigenvalue weighted by atomic mass is 9.85. The van der Waals surface area contributed by atoms with Crippen molar-refractivity contribution in [1.82, 2.24) is 0 Å². The molecule has 4 nitrogen and oxygen atoms in total. The summed E-state index contributed by atoms with van der Waals surface area (Å²) in [6.45, 7) is 1.08. The zero-order valence-electron chi connectivity index (χ0n) is 8.38. The Labute approximate surface area is 79.0 Å². The number of rotatable bonds is 6. The van der Waals surface area contributed by atoms with Gasteiger partial charge in [0.1, 0.15) is 5.60 Å². The van der Waals surface area contributed by atoms with Crippen LogP contribution in [0.25, 0.3) is 0 Å². The van der Waals surface area contributed by atoms with Crippen LogP contribution in [0.2, 0.25) is 0 Å². The van der Waals surface area contributed by atoms with Crippen LogP contribution in [0, 0.1) is 5.41 Å². The Morgan fingerprint density at radius 1 is 1.31 bits per heavy atom. The molecule has 0 bridgehead atoms. The first-order valence-electron chi connectivity index (χ1n) is 4.54. The zero-order valence-corrected chi connectivity index (χ0v) is 8.38. The first kappa shape index (κ1) is 10.9. The Morgan fingerprint density at radius 2 is 1.77 bits per heavy atom. The Hall–Kier alpha value is -0.160. The highest BCUT2D eigenvalue weighted by atomic mass is 16.5. The lowest BCUT2D eigenvalue weighted by Crippen LogP contribution is -2.51. The fourth-order valence-electron chi connectivity index (χ4n) is 1.84. The van der Waals surface area contributed by atoms with Gasteiger partial charge in [-0.2, -0.15) is 0 Å². The summed E-state index contributed by atoms with van der Waals surface area (Å²) >= 11 is 0. The standard InChI is InChI=1S/C9H19NO3/c1-12-6-9(11,7-13-2)8(5-10)3-4-8/h11H,3-7,10H2,1-2H3. The highest BCUT2D eigenvalue weighted by Crippen LogP contribution is 2.53. The fraction of sp³-hybridized carbons (Fsp3) is 1.00. The van der Waals surface area contributed by atoms with E-state index in [1.807, 2.05) is 0 Å². The van der Waals surface area contributed by atoms with Gasteiger partial charge in [-0.1, -0.05) is 0 Å². The molecule has 3 N–H and O–H groups in total. The van der Waals surface area contributed by atoms with E-state index in [2.05, 4.69) is 0 Å². The second kappa shape index (κ2) is 3.92. The van der Waals surface area contributed by atoms with Gasteiger partial charge in [0.25, 0.3) is 0 Å². The van der Waals surface area contributed by atoms with Crippen LogP contribution in [0.1, 0.15) is 12.8 Å². The molecular formula is C9H19NO3. The molecule has 1 aliphatic carbocycles. The summed E-state index contributed by atoms with van der Waals surface area (Å²) in [5.74, 6) is 0. The highest BCUT2D eigenvalue weighted by Gasteiger charge is 2.57. The lowest BCUT2D eigenvalue weighted by Gasteiger charge is -2.34. The maximum atomic E-state index is 10.3. The van der Waals surface area contributed by atoms with Crippen LogP contribution < -0.4 is 5.73 Å². The molecule has 0 aromatic heterocycles. The van der Waals surface area contributed by atoms with E-state index < -0.39 is 5.60 Å². The lowest BCUT2D eigenvalue weighted by molar-refractivity contribution is -0.121. The summed E-state index contributed by atoms with van der Waals surface area (Å²) in [5, 5.41) is 10.3. The Kier molecular flexibility index (Phi) is 3.29. The molecular weight excluding hydrogens is 170 g/mol. The molecule has 0 unspecified atom stereocenters. The third kappa shape index (κ3) is 1.86. The van der Waals surface area contributed by atoms with E-state index in [9.17, 15) is 5.11 Å². The molecule has 1 aliphatic rings. The number of methoxy groups -OCH3 is 2. The largest absolute Gasteiger partial charge is 0.384 e. The number of nitrogens with two attached hydrogens (primary N) is 1. The minimum atomic E-state index is -0.911. The van der Waals surface area contributed by atoms with Gasteiger partial charge in [0.15, 0.2) is 0 Å². The Bertz CT molecular complexity index is 162. The van der Waals surface area contributed by atoms with Gasteiger partial charge in [0.05, 0.1) is 13.2 Å². The first-order valence-corrected chi connectivity index (χ1v) is 4.54. The maximum Gasteiger partial charge on any atom is 0.118 e. The van der Waals surface area contributed by atoms with Crippen molar-refractivity contribution < 1.29 is 14.6 Å². The molecule has 0 amide bonds. The van der Waals surface area contributed by atoms with Gasteiger partial charge in [-0.3, -0.25) is 0 Å². The van der Waals surface area contributed by atoms with Gasteiger partial charge in [-0.25, -0.2) is 0 Å². The van der Waals surface area contributed by atoms with Crippen LogP contribution in [0.15, 0.2) is 0 Å². The average molecular weight is 189 g/mol. The van der Waals surface area contributed by atoms with Crippen LogP contribution in [-0.4, -0.2) is 44.7 Å². The third-order valence-electron chi connectivity index (χ3n) is 3.00. The summed E-state index contributed by atoms with van der Waals surface area (Å²) in [5.41, 5.74) is 4.57. The van der Waals surface area contributed by atoms with Crippen molar-refractivity contribution in [3.05, 3.63) is 0 Å². The number of ether oxygens (including phenoxy) is 2. The highest BCUT2D eigenvalue weighted by molar-refractivity contribution is 5.09. The number of hydrogen-bond acceptors (Lipinski definition) is 4. The second-order valence-electron chi connectivity index (χ2n) is 3.88. The number of aliphatic hydroxyl groups is 1. The maximum absolute atomic E-state index is 10.3. The third-order valence-corrected chi connectivity index (χ3v) is 3.00. The van der Waals surface area contributed by atoms with E-state index in [0.29, 0.717) is 6.54 Å². The summed E-state index contributed by atoms with van der Waals surface area (Å²) in [6, 6.07) is 0. The molecule has 0 atom stereocenters. The van der Waals surface area contributed by atoms with E-state index in [0.717, 1.165) is 12.8 Å². The molecule has 0 radical (unpaired) electrons. The smallest absolute Gasteiger partial charge is 0.118 e.